The Morgan fingerprint density at radius 2 is 1.79 bits per heavy atom. The molecule has 144 valence electrons. The molecule has 0 aliphatic carbocycles. The zero-order chi connectivity index (χ0) is 20.1. The predicted molar refractivity (Wildman–Crippen MR) is 98.1 cm³/mol. The van der Waals surface area contributed by atoms with Gasteiger partial charge in [-0.2, -0.15) is 13.2 Å². The molecule has 28 heavy (non-hydrogen) atoms. The quantitative estimate of drug-likeness (QED) is 0.661. The van der Waals surface area contributed by atoms with Crippen LogP contribution in [-0.4, -0.2) is 10.9 Å². The van der Waals surface area contributed by atoms with E-state index in [0.29, 0.717) is 17.9 Å². The third-order valence-electron chi connectivity index (χ3n) is 3.95. The number of ether oxygens (including phenoxy) is 1. The highest BCUT2D eigenvalue weighted by atomic mass is 19.4. The molecule has 1 amide bonds. The van der Waals surface area contributed by atoms with Crippen LogP contribution >= 0.6 is 0 Å². The van der Waals surface area contributed by atoms with E-state index < -0.39 is 11.7 Å². The third kappa shape index (κ3) is 5.09. The van der Waals surface area contributed by atoms with Gasteiger partial charge in [-0.25, -0.2) is 0 Å². The van der Waals surface area contributed by atoms with Crippen LogP contribution in [0.4, 0.5) is 13.2 Å². The van der Waals surface area contributed by atoms with Gasteiger partial charge in [0.05, 0.1) is 11.1 Å². The van der Waals surface area contributed by atoms with E-state index in [-0.39, 0.29) is 11.7 Å². The molecule has 1 aromatic heterocycles. The van der Waals surface area contributed by atoms with E-state index in [0.717, 1.165) is 23.4 Å². The molecule has 3 aromatic rings. The van der Waals surface area contributed by atoms with Crippen molar-refractivity contribution in [3.05, 3.63) is 89.2 Å². The van der Waals surface area contributed by atoms with Gasteiger partial charge < -0.3 is 10.1 Å². The number of halogens is 3. The molecule has 0 aliphatic rings. The minimum Gasteiger partial charge on any atom is -0.457 e. The first-order chi connectivity index (χ1) is 13.3. The Kier molecular flexibility index (Phi) is 5.63. The highest BCUT2D eigenvalue weighted by Gasteiger charge is 2.30. The average Bonchev–Trinajstić information content (AvgIpc) is 2.67. The number of pyridine rings is 1. The number of nitrogens with zero attached hydrogens (tertiary/aromatic N) is 1. The lowest BCUT2D eigenvalue weighted by Crippen LogP contribution is -2.22. The minimum atomic E-state index is -4.42. The first-order valence-electron chi connectivity index (χ1n) is 8.46. The highest BCUT2D eigenvalue weighted by Crippen LogP contribution is 2.32. The van der Waals surface area contributed by atoms with Crippen LogP contribution in [0.5, 0.6) is 11.5 Å². The van der Waals surface area contributed by atoms with Crippen LogP contribution in [0, 0.1) is 6.92 Å². The summed E-state index contributed by atoms with van der Waals surface area (Å²) in [6.07, 6.45) is -2.91. The summed E-state index contributed by atoms with van der Waals surface area (Å²) < 4.78 is 43.8. The molecule has 2 aromatic carbocycles. The van der Waals surface area contributed by atoms with Crippen molar-refractivity contribution in [3.8, 4) is 11.5 Å². The maximum atomic E-state index is 12.8. The normalized spacial score (nSPS) is 11.1. The summed E-state index contributed by atoms with van der Waals surface area (Å²) in [7, 11) is 0. The second kappa shape index (κ2) is 8.12. The fourth-order valence-corrected chi connectivity index (χ4v) is 2.43. The molecule has 0 saturated carbocycles. The summed E-state index contributed by atoms with van der Waals surface area (Å²) in [4.78, 5) is 16.2. The molecule has 0 bridgehead atoms. The number of alkyl halides is 3. The van der Waals surface area contributed by atoms with E-state index >= 15 is 0 Å². The van der Waals surface area contributed by atoms with Gasteiger partial charge in [0.2, 0.25) is 0 Å². The number of rotatable bonds is 5. The molecule has 0 unspecified atom stereocenters. The highest BCUT2D eigenvalue weighted by molar-refractivity contribution is 5.93. The van der Waals surface area contributed by atoms with Crippen LogP contribution in [-0.2, 0) is 12.7 Å². The zero-order valence-corrected chi connectivity index (χ0v) is 15.0. The van der Waals surface area contributed by atoms with Crippen molar-refractivity contribution in [3.63, 3.8) is 0 Å². The smallest absolute Gasteiger partial charge is 0.416 e. The number of benzene rings is 2. The van der Waals surface area contributed by atoms with Crippen LogP contribution in [0.1, 0.15) is 27.2 Å². The van der Waals surface area contributed by atoms with Crippen molar-refractivity contribution in [2.24, 2.45) is 0 Å². The summed E-state index contributed by atoms with van der Waals surface area (Å²) in [6.45, 7) is 2.14. The van der Waals surface area contributed by atoms with Gasteiger partial charge in [-0.15, -0.1) is 0 Å². The van der Waals surface area contributed by atoms with Crippen molar-refractivity contribution in [2.45, 2.75) is 19.6 Å². The molecule has 4 nitrogen and oxygen atoms in total. The third-order valence-corrected chi connectivity index (χ3v) is 3.95. The molecule has 0 fully saturated rings. The lowest BCUT2D eigenvalue weighted by atomic mass is 10.2. The van der Waals surface area contributed by atoms with E-state index in [9.17, 15) is 18.0 Å². The molecule has 0 saturated heterocycles. The number of hydrogen-bond donors (Lipinski definition) is 1. The Morgan fingerprint density at radius 3 is 2.43 bits per heavy atom. The number of hydrogen-bond acceptors (Lipinski definition) is 3. The number of carbonyl (C=O) groups is 1. The van der Waals surface area contributed by atoms with Gasteiger partial charge in [-0.3, -0.25) is 9.78 Å². The summed E-state index contributed by atoms with van der Waals surface area (Å²) in [5.74, 6) is 0.261. The zero-order valence-electron chi connectivity index (χ0n) is 15.0. The first kappa shape index (κ1) is 19.4. The van der Waals surface area contributed by atoms with Crippen molar-refractivity contribution >= 4 is 5.91 Å². The standard InChI is InChI=1S/C21H17F3N2O2/c1-14-5-8-16(13-25-14)20(27)26-12-15-6-9-18(10-7-15)28-19-4-2-3-17(11-19)21(22,23)24/h2-11,13H,12H2,1H3,(H,26,27). The van der Waals surface area contributed by atoms with E-state index in [4.69, 9.17) is 4.74 Å². The summed E-state index contributed by atoms with van der Waals surface area (Å²) in [5, 5.41) is 2.78. The predicted octanol–water partition coefficient (Wildman–Crippen LogP) is 5.13. The van der Waals surface area contributed by atoms with Gasteiger partial charge in [-0.05, 0) is 55.0 Å². The van der Waals surface area contributed by atoms with Gasteiger partial charge in [0, 0.05) is 18.4 Å². The molecule has 7 heteroatoms. The van der Waals surface area contributed by atoms with E-state index in [1.165, 1.54) is 18.3 Å². The van der Waals surface area contributed by atoms with Crippen molar-refractivity contribution < 1.29 is 22.7 Å². The van der Waals surface area contributed by atoms with E-state index in [1.807, 2.05) is 6.92 Å². The Labute approximate surface area is 160 Å². The minimum absolute atomic E-state index is 0.0998. The molecule has 0 atom stereocenters. The van der Waals surface area contributed by atoms with Crippen LogP contribution in [0.3, 0.4) is 0 Å². The van der Waals surface area contributed by atoms with Crippen LogP contribution in [0.15, 0.2) is 66.9 Å². The fourth-order valence-electron chi connectivity index (χ4n) is 2.43. The van der Waals surface area contributed by atoms with Gasteiger partial charge >= 0.3 is 6.18 Å². The van der Waals surface area contributed by atoms with Gasteiger partial charge in [-0.1, -0.05) is 18.2 Å². The van der Waals surface area contributed by atoms with Gasteiger partial charge in [0.25, 0.3) is 5.91 Å². The van der Waals surface area contributed by atoms with Crippen LogP contribution in [0.25, 0.3) is 0 Å². The Morgan fingerprint density at radius 1 is 1.04 bits per heavy atom. The number of aromatic nitrogens is 1. The summed E-state index contributed by atoms with van der Waals surface area (Å²) >= 11 is 0. The number of aryl methyl sites for hydroxylation is 1. The molecule has 1 heterocycles. The van der Waals surface area contributed by atoms with E-state index in [1.54, 1.807) is 36.4 Å². The first-order valence-corrected chi connectivity index (χ1v) is 8.46. The maximum Gasteiger partial charge on any atom is 0.416 e. The number of carbonyl (C=O) groups excluding carboxylic acids is 1. The second-order valence-corrected chi connectivity index (χ2v) is 6.14. The largest absolute Gasteiger partial charge is 0.457 e. The van der Waals surface area contributed by atoms with E-state index in [2.05, 4.69) is 10.3 Å². The monoisotopic (exact) mass is 386 g/mol. The lowest BCUT2D eigenvalue weighted by Gasteiger charge is -2.10. The van der Waals surface area contributed by atoms with Crippen molar-refractivity contribution in [1.82, 2.24) is 10.3 Å². The van der Waals surface area contributed by atoms with Crippen molar-refractivity contribution in [2.75, 3.05) is 0 Å². The average molecular weight is 386 g/mol. The Balaban J connectivity index is 1.59. The fraction of sp³-hybridized carbons (Fsp3) is 0.143. The summed E-state index contributed by atoms with van der Waals surface area (Å²) in [5.41, 5.74) is 1.35. The number of amides is 1. The maximum absolute atomic E-state index is 12.8. The second-order valence-electron chi connectivity index (χ2n) is 6.14. The molecule has 3 rings (SSSR count). The molecule has 1 N–H and O–H groups in total. The van der Waals surface area contributed by atoms with Gasteiger partial charge in [0.15, 0.2) is 0 Å². The Bertz CT molecular complexity index is 953. The molecular formula is C21H17F3N2O2. The summed E-state index contributed by atoms with van der Waals surface area (Å²) in [6, 6.07) is 14.9. The van der Waals surface area contributed by atoms with Crippen LogP contribution in [0.2, 0.25) is 0 Å². The Hall–Kier alpha value is -3.35. The van der Waals surface area contributed by atoms with Crippen molar-refractivity contribution in [1.29, 1.82) is 0 Å². The topological polar surface area (TPSA) is 51.2 Å². The number of nitrogens with one attached hydrogen (secondary N) is 1. The molecular weight excluding hydrogens is 369 g/mol. The molecule has 0 radical (unpaired) electrons. The lowest BCUT2D eigenvalue weighted by molar-refractivity contribution is -0.137. The SMILES string of the molecule is Cc1ccc(C(=O)NCc2ccc(Oc3cccc(C(F)(F)F)c3)cc2)cn1. The molecule has 0 aliphatic heterocycles. The van der Waals surface area contributed by atoms with Crippen LogP contribution < -0.4 is 10.1 Å². The molecule has 0 spiro atoms. The van der Waals surface area contributed by atoms with Gasteiger partial charge in [0.1, 0.15) is 11.5 Å².